The van der Waals surface area contributed by atoms with Gasteiger partial charge in [0.15, 0.2) is 5.69 Å². The second-order valence-electron chi connectivity index (χ2n) is 10.2. The minimum absolute atomic E-state index is 0.0970. The van der Waals surface area contributed by atoms with E-state index in [4.69, 9.17) is 4.74 Å². The quantitative estimate of drug-likeness (QED) is 0.364. The van der Waals surface area contributed by atoms with Gasteiger partial charge in [-0.3, -0.25) is 14.4 Å². The summed E-state index contributed by atoms with van der Waals surface area (Å²) < 4.78 is 6.57. The maximum absolute atomic E-state index is 13.2. The molecule has 0 aliphatic carbocycles. The number of esters is 1. The number of carbonyl (C=O) groups is 3. The number of aromatic amines is 1. The number of methoxy groups -OCH3 is 1. The van der Waals surface area contributed by atoms with Gasteiger partial charge >= 0.3 is 5.97 Å². The van der Waals surface area contributed by atoms with Crippen LogP contribution in [0.2, 0.25) is 0 Å². The van der Waals surface area contributed by atoms with Crippen molar-refractivity contribution >= 4 is 23.5 Å². The lowest BCUT2D eigenvalue weighted by molar-refractivity contribution is -0.139. The molecule has 2 atom stereocenters. The van der Waals surface area contributed by atoms with Crippen molar-refractivity contribution < 1.29 is 19.1 Å². The molecule has 12 nitrogen and oxygen atoms in total. The number of fused-ring (bicyclic) bond motifs is 4. The molecule has 0 radical (unpaired) electrons. The van der Waals surface area contributed by atoms with E-state index in [2.05, 4.69) is 36.2 Å². The van der Waals surface area contributed by atoms with Crippen LogP contribution in [0, 0.1) is 5.92 Å². The zero-order valence-electron chi connectivity index (χ0n) is 22.2. The van der Waals surface area contributed by atoms with Gasteiger partial charge in [-0.2, -0.15) is 0 Å². The third-order valence-electron chi connectivity index (χ3n) is 7.44. The van der Waals surface area contributed by atoms with Gasteiger partial charge in [0.25, 0.3) is 5.91 Å². The number of aromatic nitrogens is 5. The normalized spacial score (nSPS) is 20.2. The molecule has 2 aromatic heterocycles. The first-order chi connectivity index (χ1) is 18.9. The Hall–Kier alpha value is -4.06. The van der Waals surface area contributed by atoms with Crippen molar-refractivity contribution in [3.8, 4) is 11.3 Å². The molecule has 2 amide bonds. The highest BCUT2D eigenvalue weighted by Gasteiger charge is 2.25. The van der Waals surface area contributed by atoms with Crippen LogP contribution in [0.1, 0.15) is 73.0 Å². The van der Waals surface area contributed by atoms with Gasteiger partial charge in [-0.15, -0.1) is 5.10 Å². The highest BCUT2D eigenvalue weighted by Crippen LogP contribution is 2.31. The molecule has 12 heteroatoms. The summed E-state index contributed by atoms with van der Waals surface area (Å²) in [4.78, 5) is 45.9. The number of imidazole rings is 1. The summed E-state index contributed by atoms with van der Waals surface area (Å²) in [6.07, 6.45) is 7.32. The summed E-state index contributed by atoms with van der Waals surface area (Å²) in [5.41, 5.74) is 3.00. The number of H-pyrrole nitrogens is 1. The molecule has 0 saturated carbocycles. The molecule has 0 unspecified atom stereocenters. The number of hydrogen-bond acceptors (Lipinski definition) is 8. The first-order valence-corrected chi connectivity index (χ1v) is 13.4. The van der Waals surface area contributed by atoms with Crippen molar-refractivity contribution in [1.82, 2.24) is 35.6 Å². The fraction of sp³-hybridized carbons (Fsp3) is 0.481. The Bertz CT molecular complexity index is 1340. The summed E-state index contributed by atoms with van der Waals surface area (Å²) in [5.74, 6) is -0.413. The van der Waals surface area contributed by atoms with E-state index in [0.717, 1.165) is 37.1 Å². The van der Waals surface area contributed by atoms with Crippen LogP contribution in [0.5, 0.6) is 0 Å². The van der Waals surface area contributed by atoms with E-state index in [-0.39, 0.29) is 41.9 Å². The van der Waals surface area contributed by atoms with Crippen LogP contribution in [-0.4, -0.2) is 62.9 Å². The highest BCUT2D eigenvalue weighted by molar-refractivity contribution is 5.96. The Morgan fingerprint density at radius 3 is 2.79 bits per heavy atom. The van der Waals surface area contributed by atoms with Gasteiger partial charge < -0.3 is 25.7 Å². The van der Waals surface area contributed by atoms with Crippen molar-refractivity contribution in [3.63, 3.8) is 0 Å². The number of ether oxygens (including phenoxy) is 1. The summed E-state index contributed by atoms with van der Waals surface area (Å²) in [6, 6.07) is 5.28. The van der Waals surface area contributed by atoms with Gasteiger partial charge in [-0.1, -0.05) is 30.7 Å². The Morgan fingerprint density at radius 1 is 1.18 bits per heavy atom. The second-order valence-corrected chi connectivity index (χ2v) is 10.2. The third kappa shape index (κ3) is 6.17. The largest absolute Gasteiger partial charge is 0.469 e. The maximum atomic E-state index is 13.2. The SMILES string of the molecule is COC(=O)Cc1ccc2c(c1)NC(=O)[C@H](C)CCC[C@H](NC(=O)c1cn(C3CCNCC3)nn1)c1ncc-2[nH]1. The van der Waals surface area contributed by atoms with Crippen molar-refractivity contribution in [2.24, 2.45) is 5.92 Å². The van der Waals surface area contributed by atoms with E-state index in [9.17, 15) is 14.4 Å². The summed E-state index contributed by atoms with van der Waals surface area (Å²) >= 11 is 0. The average Bonchev–Trinajstić information content (AvgIpc) is 3.63. The summed E-state index contributed by atoms with van der Waals surface area (Å²) in [6.45, 7) is 3.72. The van der Waals surface area contributed by atoms with E-state index >= 15 is 0 Å². The molecular formula is C27H34N8O4. The fourth-order valence-electron chi connectivity index (χ4n) is 5.08. The number of anilines is 1. The molecule has 39 heavy (non-hydrogen) atoms. The zero-order valence-corrected chi connectivity index (χ0v) is 22.2. The molecule has 2 bridgehead atoms. The van der Waals surface area contributed by atoms with Gasteiger partial charge in [0.1, 0.15) is 5.82 Å². The van der Waals surface area contributed by atoms with Crippen LogP contribution >= 0.6 is 0 Å². The molecule has 4 N–H and O–H groups in total. The molecule has 2 aliphatic rings. The van der Waals surface area contributed by atoms with Crippen LogP contribution in [0.15, 0.2) is 30.6 Å². The number of amides is 2. The molecule has 0 spiro atoms. The number of benzene rings is 1. The van der Waals surface area contributed by atoms with E-state index < -0.39 is 6.04 Å². The molecule has 3 aromatic rings. The molecule has 2 aliphatic heterocycles. The predicted octanol–water partition coefficient (Wildman–Crippen LogP) is 2.54. The maximum Gasteiger partial charge on any atom is 0.309 e. The Labute approximate surface area is 226 Å². The molecule has 206 valence electrons. The van der Waals surface area contributed by atoms with Gasteiger partial charge in [-0.25, -0.2) is 9.67 Å². The predicted molar refractivity (Wildman–Crippen MR) is 143 cm³/mol. The van der Waals surface area contributed by atoms with E-state index in [1.54, 1.807) is 23.1 Å². The smallest absolute Gasteiger partial charge is 0.309 e. The van der Waals surface area contributed by atoms with E-state index in [1.807, 2.05) is 19.1 Å². The summed E-state index contributed by atoms with van der Waals surface area (Å²) in [5, 5.41) is 17.8. The van der Waals surface area contributed by atoms with Gasteiger partial charge in [0, 0.05) is 11.5 Å². The topological polar surface area (TPSA) is 156 Å². The zero-order chi connectivity index (χ0) is 27.4. The van der Waals surface area contributed by atoms with Gasteiger partial charge in [0.05, 0.1) is 49.4 Å². The van der Waals surface area contributed by atoms with Gasteiger partial charge in [0.2, 0.25) is 5.91 Å². The number of rotatable bonds is 5. The van der Waals surface area contributed by atoms with E-state index in [1.165, 1.54) is 7.11 Å². The van der Waals surface area contributed by atoms with Crippen molar-refractivity contribution in [2.45, 2.75) is 57.5 Å². The van der Waals surface area contributed by atoms with Crippen LogP contribution < -0.4 is 16.0 Å². The lowest BCUT2D eigenvalue weighted by Gasteiger charge is -2.22. The number of nitrogens with one attached hydrogen (secondary N) is 4. The molecule has 5 rings (SSSR count). The first kappa shape index (κ1) is 26.5. The van der Waals surface area contributed by atoms with Gasteiger partial charge in [-0.05, 0) is 50.4 Å². The Morgan fingerprint density at radius 2 is 2.00 bits per heavy atom. The Balaban J connectivity index is 1.40. The van der Waals surface area contributed by atoms with Crippen molar-refractivity contribution in [2.75, 3.05) is 25.5 Å². The first-order valence-electron chi connectivity index (χ1n) is 13.4. The molecule has 4 heterocycles. The molecule has 1 aromatic carbocycles. The average molecular weight is 535 g/mol. The molecular weight excluding hydrogens is 500 g/mol. The number of carbonyl (C=O) groups excluding carboxylic acids is 3. The monoisotopic (exact) mass is 534 g/mol. The lowest BCUT2D eigenvalue weighted by Crippen LogP contribution is -2.30. The van der Waals surface area contributed by atoms with Crippen LogP contribution in [0.4, 0.5) is 5.69 Å². The fourth-order valence-corrected chi connectivity index (χ4v) is 5.08. The Kier molecular flexibility index (Phi) is 8.01. The number of piperidine rings is 1. The molecule has 1 fully saturated rings. The summed E-state index contributed by atoms with van der Waals surface area (Å²) in [7, 11) is 1.34. The van der Waals surface area contributed by atoms with Crippen molar-refractivity contribution in [1.29, 1.82) is 0 Å². The lowest BCUT2D eigenvalue weighted by atomic mass is 9.98. The standard InChI is InChI=1S/C27H34N8O4/c1-16-4-3-5-20(31-27(38)23-15-35(34-33-23)18-8-10-28-11-9-18)25-29-14-22(30-25)19-7-6-17(13-24(36)39-2)12-21(19)32-26(16)37/h6-7,12,14-16,18,20,28H,3-5,8-11,13H2,1-2H3,(H,29,30)(H,31,38)(H,32,37)/t16-,20+/m1/s1. The number of nitrogens with zero attached hydrogens (tertiary/aromatic N) is 4. The van der Waals surface area contributed by atoms with Crippen molar-refractivity contribution in [3.05, 3.63) is 47.7 Å². The third-order valence-corrected chi connectivity index (χ3v) is 7.44. The highest BCUT2D eigenvalue weighted by atomic mass is 16.5. The number of hydrogen-bond donors (Lipinski definition) is 4. The van der Waals surface area contributed by atoms with Crippen LogP contribution in [0.3, 0.4) is 0 Å². The van der Waals surface area contributed by atoms with Crippen LogP contribution in [0.25, 0.3) is 11.3 Å². The van der Waals surface area contributed by atoms with Crippen LogP contribution in [-0.2, 0) is 20.7 Å². The van der Waals surface area contributed by atoms with E-state index in [0.29, 0.717) is 36.5 Å². The second kappa shape index (κ2) is 11.8. The minimum atomic E-state index is -0.396. The molecule has 1 saturated heterocycles. The minimum Gasteiger partial charge on any atom is -0.469 e.